The third kappa shape index (κ3) is 4.42. The van der Waals surface area contributed by atoms with Crippen LogP contribution in [0.3, 0.4) is 0 Å². The molecule has 0 spiro atoms. The van der Waals surface area contributed by atoms with Gasteiger partial charge in [-0.3, -0.25) is 4.79 Å². The van der Waals surface area contributed by atoms with E-state index in [0.717, 1.165) is 69.9 Å². The lowest BCUT2D eigenvalue weighted by atomic mass is 10.1. The minimum absolute atomic E-state index is 0.299. The molecule has 0 aromatic carbocycles. The summed E-state index contributed by atoms with van der Waals surface area (Å²) in [7, 11) is 0. The number of aryl methyl sites for hydroxylation is 3. The molecule has 6 heteroatoms. The zero-order valence-corrected chi connectivity index (χ0v) is 18.8. The number of unbranched alkanes of at least 4 members (excludes halogenated alkanes) is 1. The van der Waals surface area contributed by atoms with Gasteiger partial charge in [0.25, 0.3) is 0 Å². The quantitative estimate of drug-likeness (QED) is 0.640. The van der Waals surface area contributed by atoms with Crippen LogP contribution in [-0.2, 0) is 24.1 Å². The minimum Gasteiger partial charge on any atom is -0.352 e. The van der Waals surface area contributed by atoms with Crippen LogP contribution >= 0.6 is 11.3 Å². The maximum Gasteiger partial charge on any atom is 0.222 e. The molecular formula is C23H34N4OS. The fraction of sp³-hybridized carbons (Fsp3) is 0.696. The summed E-state index contributed by atoms with van der Waals surface area (Å²) in [6.45, 7) is 7.66. The molecule has 0 unspecified atom stereocenters. The number of hydrogen-bond acceptors (Lipinski definition) is 5. The number of rotatable bonds is 6. The smallest absolute Gasteiger partial charge is 0.222 e. The molecule has 2 aliphatic rings. The van der Waals surface area contributed by atoms with Crippen LogP contribution in [0.5, 0.6) is 0 Å². The molecule has 2 aromatic heterocycles. The molecule has 1 fully saturated rings. The molecule has 158 valence electrons. The van der Waals surface area contributed by atoms with Crippen LogP contribution in [0.25, 0.3) is 10.2 Å². The average molecular weight is 415 g/mol. The van der Waals surface area contributed by atoms with Gasteiger partial charge in [-0.15, -0.1) is 11.3 Å². The molecule has 3 heterocycles. The highest BCUT2D eigenvalue weighted by atomic mass is 32.1. The van der Waals surface area contributed by atoms with Crippen molar-refractivity contribution in [3.05, 3.63) is 16.3 Å². The first kappa shape index (κ1) is 20.6. The Bertz CT molecular complexity index is 854. The van der Waals surface area contributed by atoms with Gasteiger partial charge in [-0.05, 0) is 44.1 Å². The van der Waals surface area contributed by atoms with Gasteiger partial charge in [-0.2, -0.15) is 0 Å². The van der Waals surface area contributed by atoms with E-state index in [1.165, 1.54) is 46.3 Å². The number of nitrogens with zero attached hydrogens (tertiary/aromatic N) is 4. The SMILES string of the molecule is CCCCc1nc(N2CCN(C(=O)CCC)CC2)c2c3c(sc2n1)CCCCC3. The van der Waals surface area contributed by atoms with E-state index in [1.807, 2.05) is 16.2 Å². The van der Waals surface area contributed by atoms with Crippen LogP contribution in [0.4, 0.5) is 5.82 Å². The first-order valence-electron chi connectivity index (χ1n) is 11.5. The molecule has 1 amide bonds. The number of anilines is 1. The number of thiophene rings is 1. The van der Waals surface area contributed by atoms with Gasteiger partial charge in [0.2, 0.25) is 5.91 Å². The van der Waals surface area contributed by atoms with Crippen molar-refractivity contribution < 1.29 is 4.79 Å². The topological polar surface area (TPSA) is 49.3 Å². The monoisotopic (exact) mass is 414 g/mol. The van der Waals surface area contributed by atoms with Crippen molar-refractivity contribution in [2.75, 3.05) is 31.1 Å². The Hall–Kier alpha value is -1.69. The highest BCUT2D eigenvalue weighted by Gasteiger charge is 2.26. The second-order valence-corrected chi connectivity index (χ2v) is 9.51. The summed E-state index contributed by atoms with van der Waals surface area (Å²) >= 11 is 1.91. The average Bonchev–Trinajstić information content (AvgIpc) is 2.92. The number of carbonyl (C=O) groups excluding carboxylic acids is 1. The highest BCUT2D eigenvalue weighted by molar-refractivity contribution is 7.19. The third-order valence-electron chi connectivity index (χ3n) is 6.24. The van der Waals surface area contributed by atoms with Crippen LogP contribution in [0, 0.1) is 0 Å². The molecule has 0 saturated carbocycles. The first-order chi connectivity index (χ1) is 14.2. The Morgan fingerprint density at radius 2 is 1.79 bits per heavy atom. The van der Waals surface area contributed by atoms with Gasteiger partial charge >= 0.3 is 0 Å². The summed E-state index contributed by atoms with van der Waals surface area (Å²) in [6, 6.07) is 0. The molecule has 0 bridgehead atoms. The lowest BCUT2D eigenvalue weighted by Gasteiger charge is -2.36. The number of hydrogen-bond donors (Lipinski definition) is 0. The number of amides is 1. The van der Waals surface area contributed by atoms with Crippen molar-refractivity contribution in [2.24, 2.45) is 0 Å². The van der Waals surface area contributed by atoms with E-state index >= 15 is 0 Å². The van der Waals surface area contributed by atoms with Crippen LogP contribution in [-0.4, -0.2) is 47.0 Å². The van der Waals surface area contributed by atoms with Gasteiger partial charge in [-0.25, -0.2) is 9.97 Å². The molecular weight excluding hydrogens is 380 g/mol. The molecule has 0 atom stereocenters. The summed E-state index contributed by atoms with van der Waals surface area (Å²) < 4.78 is 0. The summed E-state index contributed by atoms with van der Waals surface area (Å²) in [6.07, 6.45) is 11.1. The van der Waals surface area contributed by atoms with E-state index in [0.29, 0.717) is 12.3 Å². The number of fused-ring (bicyclic) bond motifs is 3. The Morgan fingerprint density at radius 3 is 2.55 bits per heavy atom. The van der Waals surface area contributed by atoms with Crippen molar-refractivity contribution >= 4 is 33.3 Å². The normalized spacial score (nSPS) is 17.4. The van der Waals surface area contributed by atoms with E-state index < -0.39 is 0 Å². The van der Waals surface area contributed by atoms with Crippen molar-refractivity contribution in [3.8, 4) is 0 Å². The van der Waals surface area contributed by atoms with Gasteiger partial charge in [0.1, 0.15) is 16.5 Å². The summed E-state index contributed by atoms with van der Waals surface area (Å²) in [4.78, 5) is 29.6. The lowest BCUT2D eigenvalue weighted by molar-refractivity contribution is -0.131. The van der Waals surface area contributed by atoms with Crippen molar-refractivity contribution in [3.63, 3.8) is 0 Å². The standard InChI is InChI=1S/C23H34N4OS/c1-3-5-12-19-24-22(27-15-13-26(14-16-27)20(28)9-4-2)21-17-10-7-6-8-11-18(17)29-23(21)25-19/h3-16H2,1-2H3. The molecule has 29 heavy (non-hydrogen) atoms. The van der Waals surface area contributed by atoms with E-state index in [-0.39, 0.29) is 0 Å². The van der Waals surface area contributed by atoms with Crippen LogP contribution in [0.2, 0.25) is 0 Å². The predicted octanol–water partition coefficient (Wildman–Crippen LogP) is 4.75. The van der Waals surface area contributed by atoms with Gasteiger partial charge in [0, 0.05) is 43.9 Å². The second-order valence-electron chi connectivity index (χ2n) is 8.43. The fourth-order valence-electron chi connectivity index (χ4n) is 4.57. The Balaban J connectivity index is 1.66. The van der Waals surface area contributed by atoms with Crippen molar-refractivity contribution in [1.82, 2.24) is 14.9 Å². The van der Waals surface area contributed by atoms with Crippen molar-refractivity contribution in [1.29, 1.82) is 0 Å². The lowest BCUT2D eigenvalue weighted by Crippen LogP contribution is -2.49. The number of piperazine rings is 1. The summed E-state index contributed by atoms with van der Waals surface area (Å²) in [5.74, 6) is 2.44. The Labute approximate surface area is 178 Å². The maximum absolute atomic E-state index is 12.3. The maximum atomic E-state index is 12.3. The summed E-state index contributed by atoms with van der Waals surface area (Å²) in [5.41, 5.74) is 1.52. The molecule has 0 N–H and O–H groups in total. The highest BCUT2D eigenvalue weighted by Crippen LogP contribution is 2.39. The predicted molar refractivity (Wildman–Crippen MR) is 121 cm³/mol. The fourth-order valence-corrected chi connectivity index (χ4v) is 5.85. The molecule has 2 aromatic rings. The Kier molecular flexibility index (Phi) is 6.68. The Morgan fingerprint density at radius 1 is 1.00 bits per heavy atom. The second kappa shape index (κ2) is 9.41. The van der Waals surface area contributed by atoms with Crippen LogP contribution in [0.1, 0.15) is 75.1 Å². The van der Waals surface area contributed by atoms with E-state index in [4.69, 9.17) is 9.97 Å². The van der Waals surface area contributed by atoms with Crippen molar-refractivity contribution in [2.45, 2.75) is 78.1 Å². The van der Waals surface area contributed by atoms with E-state index in [1.54, 1.807) is 0 Å². The third-order valence-corrected chi connectivity index (χ3v) is 7.43. The molecule has 1 aliphatic heterocycles. The van der Waals surface area contributed by atoms with Gasteiger partial charge in [0.05, 0.1) is 5.39 Å². The molecule has 1 aliphatic carbocycles. The van der Waals surface area contributed by atoms with E-state index in [9.17, 15) is 4.79 Å². The largest absolute Gasteiger partial charge is 0.352 e. The molecule has 0 radical (unpaired) electrons. The molecule has 5 nitrogen and oxygen atoms in total. The van der Waals surface area contributed by atoms with E-state index in [2.05, 4.69) is 18.7 Å². The van der Waals surface area contributed by atoms with Crippen LogP contribution in [0.15, 0.2) is 0 Å². The minimum atomic E-state index is 0.299. The van der Waals surface area contributed by atoms with Gasteiger partial charge in [-0.1, -0.05) is 26.7 Å². The van der Waals surface area contributed by atoms with Gasteiger partial charge in [0.15, 0.2) is 0 Å². The zero-order chi connectivity index (χ0) is 20.2. The number of carbonyl (C=O) groups is 1. The molecule has 1 saturated heterocycles. The summed E-state index contributed by atoms with van der Waals surface area (Å²) in [5, 5.41) is 1.32. The zero-order valence-electron chi connectivity index (χ0n) is 18.0. The molecule has 4 rings (SSSR count). The number of aromatic nitrogens is 2. The van der Waals surface area contributed by atoms with Gasteiger partial charge < -0.3 is 9.80 Å². The van der Waals surface area contributed by atoms with Crippen LogP contribution < -0.4 is 4.90 Å². The first-order valence-corrected chi connectivity index (χ1v) is 12.4.